The lowest BCUT2D eigenvalue weighted by Gasteiger charge is -2.24. The largest absolute Gasteiger partial charge is 0.491 e. The van der Waals surface area contributed by atoms with E-state index in [2.05, 4.69) is 15.0 Å². The maximum atomic E-state index is 15.0. The minimum atomic E-state index is -0.663. The molecule has 4 heterocycles. The van der Waals surface area contributed by atoms with Gasteiger partial charge in [-0.15, -0.1) is 11.3 Å². The highest BCUT2D eigenvalue weighted by Crippen LogP contribution is 2.39. The van der Waals surface area contributed by atoms with E-state index in [9.17, 15) is 9.18 Å². The Balaban J connectivity index is 1.36. The first-order valence-corrected chi connectivity index (χ1v) is 11.1. The molecule has 5 aromatic rings. The van der Waals surface area contributed by atoms with E-state index in [-0.39, 0.29) is 24.0 Å². The number of amides is 1. The SMILES string of the molecule is CN(C(=O)c1cc2c(cc1F)nc(N)c1cncn12)[C@@H]1COc2cc(-c3cscn3)ccc21. The van der Waals surface area contributed by atoms with Crippen LogP contribution < -0.4 is 10.5 Å². The molecular formula is C23H17FN6O2S. The number of nitrogens with two attached hydrogens (primary N) is 1. The Kier molecular flexibility index (Phi) is 4.31. The second-order valence-corrected chi connectivity index (χ2v) is 8.55. The van der Waals surface area contributed by atoms with Gasteiger partial charge in [-0.1, -0.05) is 12.1 Å². The van der Waals surface area contributed by atoms with E-state index in [1.807, 2.05) is 23.6 Å². The number of rotatable bonds is 3. The fourth-order valence-corrected chi connectivity index (χ4v) is 4.78. The van der Waals surface area contributed by atoms with Crippen molar-refractivity contribution in [2.24, 2.45) is 0 Å². The van der Waals surface area contributed by atoms with Gasteiger partial charge in [0.15, 0.2) is 0 Å². The number of likely N-dealkylation sites (N-methyl/N-ethyl adjacent to an activating group) is 1. The average Bonchev–Trinajstić information content (AvgIpc) is 3.58. The first kappa shape index (κ1) is 19.6. The third-order valence-corrected chi connectivity index (χ3v) is 6.57. The van der Waals surface area contributed by atoms with Crippen molar-refractivity contribution in [1.29, 1.82) is 0 Å². The number of aromatic nitrogens is 4. The van der Waals surface area contributed by atoms with E-state index < -0.39 is 11.7 Å². The summed E-state index contributed by atoms with van der Waals surface area (Å²) >= 11 is 1.52. The molecule has 0 saturated carbocycles. The predicted molar refractivity (Wildman–Crippen MR) is 123 cm³/mol. The van der Waals surface area contributed by atoms with Crippen molar-refractivity contribution in [2.75, 3.05) is 19.4 Å². The highest BCUT2D eigenvalue weighted by atomic mass is 32.1. The molecule has 1 aliphatic rings. The zero-order valence-corrected chi connectivity index (χ0v) is 18.2. The van der Waals surface area contributed by atoms with Crippen molar-refractivity contribution in [1.82, 2.24) is 24.3 Å². The second kappa shape index (κ2) is 7.24. The van der Waals surface area contributed by atoms with Gasteiger partial charge in [-0.2, -0.15) is 0 Å². The molecule has 0 radical (unpaired) electrons. The van der Waals surface area contributed by atoms with Crippen molar-refractivity contribution in [3.8, 4) is 17.0 Å². The van der Waals surface area contributed by atoms with E-state index in [0.717, 1.165) is 16.8 Å². The first-order chi connectivity index (χ1) is 16.0. The van der Waals surface area contributed by atoms with Crippen LogP contribution in [0.15, 0.2) is 53.7 Å². The molecule has 33 heavy (non-hydrogen) atoms. The second-order valence-electron chi connectivity index (χ2n) is 7.84. The summed E-state index contributed by atoms with van der Waals surface area (Å²) in [5, 5.41) is 1.96. The summed E-state index contributed by atoms with van der Waals surface area (Å²) in [4.78, 5) is 27.5. The molecule has 0 aliphatic carbocycles. The Labute approximate surface area is 191 Å². The number of halogens is 1. The van der Waals surface area contributed by atoms with Crippen LogP contribution in [0.1, 0.15) is 22.0 Å². The molecule has 0 bridgehead atoms. The van der Waals surface area contributed by atoms with Gasteiger partial charge >= 0.3 is 0 Å². The molecule has 2 N–H and O–H groups in total. The molecule has 0 fully saturated rings. The number of anilines is 1. The summed E-state index contributed by atoms with van der Waals surface area (Å²) in [5.41, 5.74) is 11.8. The normalized spacial score (nSPS) is 15.0. The molecule has 2 aromatic carbocycles. The maximum Gasteiger partial charge on any atom is 0.257 e. The molecule has 0 spiro atoms. The molecule has 10 heteroatoms. The predicted octanol–water partition coefficient (Wildman–Crippen LogP) is 3.93. The molecule has 0 saturated heterocycles. The summed E-state index contributed by atoms with van der Waals surface area (Å²) in [6, 6.07) is 8.19. The number of nitrogens with zero attached hydrogens (tertiary/aromatic N) is 5. The van der Waals surface area contributed by atoms with Crippen molar-refractivity contribution in [2.45, 2.75) is 6.04 Å². The average molecular weight is 460 g/mol. The number of carbonyl (C=O) groups excluding carboxylic acids is 1. The maximum absolute atomic E-state index is 15.0. The minimum absolute atomic E-state index is 0.0564. The van der Waals surface area contributed by atoms with E-state index in [1.54, 1.807) is 29.5 Å². The van der Waals surface area contributed by atoms with Crippen molar-refractivity contribution < 1.29 is 13.9 Å². The Morgan fingerprint density at radius 1 is 1.30 bits per heavy atom. The van der Waals surface area contributed by atoms with Crippen LogP contribution in [-0.2, 0) is 0 Å². The summed E-state index contributed by atoms with van der Waals surface area (Å²) in [5.74, 6) is -0.176. The van der Waals surface area contributed by atoms with Crippen LogP contribution in [-0.4, -0.2) is 43.8 Å². The Morgan fingerprint density at radius 3 is 3.00 bits per heavy atom. The van der Waals surface area contributed by atoms with Gasteiger partial charge in [-0.25, -0.2) is 19.3 Å². The van der Waals surface area contributed by atoms with Crippen LogP contribution in [0.2, 0.25) is 0 Å². The fraction of sp³-hybridized carbons (Fsp3) is 0.130. The number of carbonyl (C=O) groups is 1. The number of nitrogen functional groups attached to an aromatic ring is 1. The van der Waals surface area contributed by atoms with Crippen LogP contribution in [0.4, 0.5) is 10.2 Å². The number of fused-ring (bicyclic) bond motifs is 4. The smallest absolute Gasteiger partial charge is 0.257 e. The van der Waals surface area contributed by atoms with Gasteiger partial charge in [-0.05, 0) is 12.1 Å². The number of hydrogen-bond acceptors (Lipinski definition) is 7. The number of ether oxygens (including phenoxy) is 1. The molecule has 164 valence electrons. The van der Waals surface area contributed by atoms with Crippen LogP contribution in [0, 0.1) is 5.82 Å². The lowest BCUT2D eigenvalue weighted by atomic mass is 10.0. The molecule has 6 rings (SSSR count). The monoisotopic (exact) mass is 460 g/mol. The minimum Gasteiger partial charge on any atom is -0.491 e. The van der Waals surface area contributed by atoms with Gasteiger partial charge in [0.25, 0.3) is 5.91 Å². The lowest BCUT2D eigenvalue weighted by Crippen LogP contribution is -2.32. The highest BCUT2D eigenvalue weighted by molar-refractivity contribution is 7.07. The fourth-order valence-electron chi connectivity index (χ4n) is 4.22. The van der Waals surface area contributed by atoms with Gasteiger partial charge in [0.1, 0.15) is 29.5 Å². The van der Waals surface area contributed by atoms with E-state index in [0.29, 0.717) is 22.3 Å². The van der Waals surface area contributed by atoms with Gasteiger partial charge in [-0.3, -0.25) is 9.20 Å². The summed E-state index contributed by atoms with van der Waals surface area (Å²) in [6.07, 6.45) is 3.14. The van der Waals surface area contributed by atoms with E-state index in [4.69, 9.17) is 10.5 Å². The van der Waals surface area contributed by atoms with Crippen LogP contribution in [0.3, 0.4) is 0 Å². The lowest BCUT2D eigenvalue weighted by molar-refractivity contribution is 0.0704. The number of benzene rings is 2. The van der Waals surface area contributed by atoms with Crippen LogP contribution >= 0.6 is 11.3 Å². The standard InChI is InChI=1S/C23H17FN6O2S/c1-29(20-8-32-21-4-12(2-3-13(20)21)17-9-33-11-27-17)23(31)14-5-18-16(6-15(14)24)28-22(25)19-7-26-10-30(18)19/h2-7,9-11,20H,8H2,1H3,(H2,25,28)/t20-/m1/s1. The number of imidazole rings is 1. The highest BCUT2D eigenvalue weighted by Gasteiger charge is 2.32. The van der Waals surface area contributed by atoms with Gasteiger partial charge in [0.2, 0.25) is 0 Å². The van der Waals surface area contributed by atoms with Crippen LogP contribution in [0.25, 0.3) is 27.8 Å². The summed E-state index contributed by atoms with van der Waals surface area (Å²) in [6.45, 7) is 0.289. The van der Waals surface area contributed by atoms with Crippen molar-refractivity contribution in [3.63, 3.8) is 0 Å². The quantitative estimate of drug-likeness (QED) is 0.438. The molecular weight excluding hydrogens is 443 g/mol. The zero-order chi connectivity index (χ0) is 22.7. The van der Waals surface area contributed by atoms with E-state index >= 15 is 0 Å². The molecule has 0 unspecified atom stereocenters. The van der Waals surface area contributed by atoms with Crippen molar-refractivity contribution >= 4 is 39.6 Å². The molecule has 1 aliphatic heterocycles. The van der Waals surface area contributed by atoms with Crippen LogP contribution in [0.5, 0.6) is 5.75 Å². The number of hydrogen-bond donors (Lipinski definition) is 1. The van der Waals surface area contributed by atoms with Gasteiger partial charge in [0, 0.05) is 29.6 Å². The topological polar surface area (TPSA) is 98.6 Å². The van der Waals surface area contributed by atoms with Gasteiger partial charge in [0.05, 0.1) is 46.4 Å². The van der Waals surface area contributed by atoms with Gasteiger partial charge < -0.3 is 15.4 Å². The summed E-state index contributed by atoms with van der Waals surface area (Å²) < 4.78 is 22.6. The first-order valence-electron chi connectivity index (χ1n) is 10.1. The van der Waals surface area contributed by atoms with Crippen molar-refractivity contribution in [3.05, 3.63) is 70.7 Å². The molecule has 1 atom stereocenters. The Morgan fingerprint density at radius 2 is 2.18 bits per heavy atom. The Bertz CT molecular complexity index is 1550. The third-order valence-electron chi connectivity index (χ3n) is 5.98. The molecule has 8 nitrogen and oxygen atoms in total. The van der Waals surface area contributed by atoms with E-state index in [1.165, 1.54) is 28.4 Å². The third kappa shape index (κ3) is 3.02. The molecule has 3 aromatic heterocycles. The molecule has 1 amide bonds. The summed E-state index contributed by atoms with van der Waals surface area (Å²) in [7, 11) is 1.65. The Hall–Kier alpha value is -4.05. The number of thiazole rings is 1. The zero-order valence-electron chi connectivity index (χ0n) is 17.4.